The third-order valence-electron chi connectivity index (χ3n) is 3.19. The first kappa shape index (κ1) is 10.6. The molecule has 1 aliphatic carbocycles. The van der Waals surface area contributed by atoms with Gasteiger partial charge in [0.15, 0.2) is 5.79 Å². The molecule has 1 saturated carbocycles. The van der Waals surface area contributed by atoms with Crippen LogP contribution in [0.1, 0.15) is 31.2 Å². The summed E-state index contributed by atoms with van der Waals surface area (Å²) in [6, 6.07) is 9.42. The molecule has 2 rings (SSSR count). The summed E-state index contributed by atoms with van der Waals surface area (Å²) in [7, 11) is 0. The topological polar surface area (TPSA) is 60.7 Å². The fourth-order valence-corrected chi connectivity index (χ4v) is 2.10. The molecule has 0 aromatic heterocycles. The van der Waals surface area contributed by atoms with Gasteiger partial charge in [-0.2, -0.15) is 0 Å². The summed E-state index contributed by atoms with van der Waals surface area (Å²) in [6.07, 6.45) is 1.23. The summed E-state index contributed by atoms with van der Waals surface area (Å²) in [5.74, 6) is -1.60. The van der Waals surface area contributed by atoms with E-state index in [1.807, 2.05) is 30.3 Å². The van der Waals surface area contributed by atoms with Crippen molar-refractivity contribution >= 4 is 0 Å². The maximum atomic E-state index is 10.4. The summed E-state index contributed by atoms with van der Waals surface area (Å²) in [4.78, 5) is 0. The smallest absolute Gasteiger partial charge is 0.162 e. The molecule has 15 heavy (non-hydrogen) atoms. The zero-order chi connectivity index (χ0) is 10.9. The lowest BCUT2D eigenvalue weighted by molar-refractivity contribution is -0.208. The van der Waals surface area contributed by atoms with Crippen LogP contribution in [0, 0.1) is 0 Å². The van der Waals surface area contributed by atoms with E-state index in [9.17, 15) is 15.3 Å². The summed E-state index contributed by atoms with van der Waals surface area (Å²) >= 11 is 0. The van der Waals surface area contributed by atoms with Gasteiger partial charge >= 0.3 is 0 Å². The van der Waals surface area contributed by atoms with Crippen LogP contribution in [0.15, 0.2) is 30.3 Å². The summed E-state index contributed by atoms with van der Waals surface area (Å²) < 4.78 is 0. The standard InChI is InChI=1S/C12H16O3/c13-11(10-4-2-1-3-5-10)6-8-12(14,15)9-7-11/h1-5,13-15H,6-9H2. The van der Waals surface area contributed by atoms with Gasteiger partial charge in [-0.1, -0.05) is 30.3 Å². The monoisotopic (exact) mass is 208 g/mol. The Hall–Kier alpha value is -0.900. The molecule has 1 fully saturated rings. The number of rotatable bonds is 1. The maximum absolute atomic E-state index is 10.4. The van der Waals surface area contributed by atoms with Crippen molar-refractivity contribution in [2.75, 3.05) is 0 Å². The zero-order valence-electron chi connectivity index (χ0n) is 8.56. The first-order chi connectivity index (χ1) is 7.02. The molecular weight excluding hydrogens is 192 g/mol. The van der Waals surface area contributed by atoms with Crippen molar-refractivity contribution in [2.24, 2.45) is 0 Å². The van der Waals surface area contributed by atoms with Gasteiger partial charge in [0.1, 0.15) is 0 Å². The zero-order valence-corrected chi connectivity index (χ0v) is 8.56. The lowest BCUT2D eigenvalue weighted by atomic mass is 9.77. The van der Waals surface area contributed by atoms with E-state index in [4.69, 9.17) is 0 Å². The second-order valence-corrected chi connectivity index (χ2v) is 4.38. The molecule has 0 aliphatic heterocycles. The quantitative estimate of drug-likeness (QED) is 0.606. The van der Waals surface area contributed by atoms with Crippen LogP contribution >= 0.6 is 0 Å². The van der Waals surface area contributed by atoms with Gasteiger partial charge < -0.3 is 15.3 Å². The fraction of sp³-hybridized carbons (Fsp3) is 0.500. The van der Waals surface area contributed by atoms with E-state index in [2.05, 4.69) is 0 Å². The van der Waals surface area contributed by atoms with Gasteiger partial charge in [-0.25, -0.2) is 0 Å². The first-order valence-corrected chi connectivity index (χ1v) is 5.25. The normalized spacial score (nSPS) is 23.7. The van der Waals surface area contributed by atoms with Gasteiger partial charge in [-0.3, -0.25) is 0 Å². The summed E-state index contributed by atoms with van der Waals surface area (Å²) in [6.45, 7) is 0. The fourth-order valence-electron chi connectivity index (χ4n) is 2.10. The van der Waals surface area contributed by atoms with Crippen LogP contribution in [0.5, 0.6) is 0 Å². The van der Waals surface area contributed by atoms with E-state index in [-0.39, 0.29) is 12.8 Å². The molecule has 0 unspecified atom stereocenters. The molecule has 0 heterocycles. The SMILES string of the molecule is OC1(O)CCC(O)(c2ccccc2)CC1. The Morgan fingerprint density at radius 1 is 0.800 bits per heavy atom. The number of aliphatic hydroxyl groups is 3. The van der Waals surface area contributed by atoms with Gasteiger partial charge in [0.2, 0.25) is 0 Å². The van der Waals surface area contributed by atoms with Crippen molar-refractivity contribution in [3.05, 3.63) is 35.9 Å². The van der Waals surface area contributed by atoms with Crippen LogP contribution in [0.3, 0.4) is 0 Å². The molecule has 82 valence electrons. The predicted molar refractivity (Wildman–Crippen MR) is 56.0 cm³/mol. The molecule has 1 aliphatic rings. The van der Waals surface area contributed by atoms with Gasteiger partial charge in [0, 0.05) is 12.8 Å². The highest BCUT2D eigenvalue weighted by molar-refractivity contribution is 5.23. The lowest BCUT2D eigenvalue weighted by Crippen LogP contribution is -2.41. The molecular formula is C12H16O3. The van der Waals surface area contributed by atoms with Gasteiger partial charge in [-0.05, 0) is 18.4 Å². The molecule has 0 atom stereocenters. The molecule has 0 amide bonds. The van der Waals surface area contributed by atoms with Crippen molar-refractivity contribution in [2.45, 2.75) is 37.1 Å². The van der Waals surface area contributed by atoms with Gasteiger partial charge in [0.25, 0.3) is 0 Å². The molecule has 3 heteroatoms. The molecule has 0 bridgehead atoms. The highest BCUT2D eigenvalue weighted by atomic mass is 16.5. The maximum Gasteiger partial charge on any atom is 0.162 e. The van der Waals surface area contributed by atoms with Crippen LogP contribution in [0.2, 0.25) is 0 Å². The number of benzene rings is 1. The third kappa shape index (κ3) is 2.20. The average molecular weight is 208 g/mol. The first-order valence-electron chi connectivity index (χ1n) is 5.25. The van der Waals surface area contributed by atoms with Gasteiger partial charge in [0.05, 0.1) is 5.60 Å². The van der Waals surface area contributed by atoms with Gasteiger partial charge in [-0.15, -0.1) is 0 Å². The summed E-state index contributed by atoms with van der Waals surface area (Å²) in [5.41, 5.74) is -0.0311. The highest BCUT2D eigenvalue weighted by Crippen LogP contribution is 2.39. The number of hydrogen-bond donors (Lipinski definition) is 3. The van der Waals surface area contributed by atoms with E-state index in [1.54, 1.807) is 0 Å². The third-order valence-corrected chi connectivity index (χ3v) is 3.19. The molecule has 0 saturated heterocycles. The minimum atomic E-state index is -1.60. The Morgan fingerprint density at radius 2 is 1.33 bits per heavy atom. The van der Waals surface area contributed by atoms with E-state index in [1.165, 1.54) is 0 Å². The van der Waals surface area contributed by atoms with Crippen molar-refractivity contribution in [3.63, 3.8) is 0 Å². The highest BCUT2D eigenvalue weighted by Gasteiger charge is 2.40. The van der Waals surface area contributed by atoms with Crippen molar-refractivity contribution < 1.29 is 15.3 Å². The Bertz CT molecular complexity index is 322. The van der Waals surface area contributed by atoms with Crippen molar-refractivity contribution in [1.29, 1.82) is 0 Å². The predicted octanol–water partition coefficient (Wildman–Crippen LogP) is 1.13. The van der Waals surface area contributed by atoms with E-state index in [0.717, 1.165) is 5.56 Å². The van der Waals surface area contributed by atoms with E-state index >= 15 is 0 Å². The molecule has 1 aromatic rings. The van der Waals surface area contributed by atoms with Crippen molar-refractivity contribution in [1.82, 2.24) is 0 Å². The molecule has 0 spiro atoms. The average Bonchev–Trinajstić information content (AvgIpc) is 2.24. The van der Waals surface area contributed by atoms with E-state index < -0.39 is 11.4 Å². The second kappa shape index (κ2) is 3.59. The lowest BCUT2D eigenvalue weighted by Gasteiger charge is -2.38. The molecule has 3 nitrogen and oxygen atoms in total. The van der Waals surface area contributed by atoms with Crippen LogP contribution in [0.25, 0.3) is 0 Å². The Balaban J connectivity index is 2.17. The van der Waals surface area contributed by atoms with Crippen LogP contribution in [-0.2, 0) is 5.60 Å². The van der Waals surface area contributed by atoms with Crippen LogP contribution in [0.4, 0.5) is 0 Å². The largest absolute Gasteiger partial charge is 0.385 e. The Labute approximate surface area is 89.0 Å². The molecule has 1 aromatic carbocycles. The number of hydrogen-bond acceptors (Lipinski definition) is 3. The van der Waals surface area contributed by atoms with E-state index in [0.29, 0.717) is 12.8 Å². The van der Waals surface area contributed by atoms with Crippen LogP contribution < -0.4 is 0 Å². The van der Waals surface area contributed by atoms with Crippen molar-refractivity contribution in [3.8, 4) is 0 Å². The Kier molecular flexibility index (Phi) is 2.54. The molecule has 3 N–H and O–H groups in total. The Morgan fingerprint density at radius 3 is 1.87 bits per heavy atom. The molecule has 0 radical (unpaired) electrons. The minimum absolute atomic E-state index is 0.221. The van der Waals surface area contributed by atoms with Crippen LogP contribution in [-0.4, -0.2) is 21.1 Å². The summed E-state index contributed by atoms with van der Waals surface area (Å²) in [5, 5.41) is 29.1. The minimum Gasteiger partial charge on any atom is -0.385 e. The second-order valence-electron chi connectivity index (χ2n) is 4.38.